The van der Waals surface area contributed by atoms with Gasteiger partial charge in [0, 0.05) is 30.2 Å². The predicted molar refractivity (Wildman–Crippen MR) is 81.5 cm³/mol. The molecule has 1 heterocycles. The van der Waals surface area contributed by atoms with E-state index in [4.69, 9.17) is 9.15 Å². The molecule has 4 heteroatoms. The van der Waals surface area contributed by atoms with E-state index in [1.807, 2.05) is 19.1 Å². The van der Waals surface area contributed by atoms with Crippen LogP contribution in [-0.2, 0) is 14.3 Å². The highest BCUT2D eigenvalue weighted by atomic mass is 16.5. The number of esters is 1. The Morgan fingerprint density at radius 2 is 2.09 bits per heavy atom. The fourth-order valence-corrected chi connectivity index (χ4v) is 4.19. The van der Waals surface area contributed by atoms with E-state index in [1.54, 1.807) is 18.6 Å². The second-order valence-corrected chi connectivity index (χ2v) is 7.06. The van der Waals surface area contributed by atoms with Gasteiger partial charge in [-0.2, -0.15) is 0 Å². The largest absolute Gasteiger partial charge is 0.472 e. The summed E-state index contributed by atoms with van der Waals surface area (Å²) in [6.45, 7) is 7.54. The summed E-state index contributed by atoms with van der Waals surface area (Å²) in [7, 11) is 0. The average Bonchev–Trinajstić information content (AvgIpc) is 2.93. The minimum atomic E-state index is -0.493. The van der Waals surface area contributed by atoms with E-state index in [-0.39, 0.29) is 23.1 Å². The Labute approximate surface area is 129 Å². The van der Waals surface area contributed by atoms with Crippen LogP contribution in [-0.4, -0.2) is 11.8 Å². The van der Waals surface area contributed by atoms with Crippen LogP contribution in [0.15, 0.2) is 40.9 Å². The highest BCUT2D eigenvalue weighted by Crippen LogP contribution is 2.59. The van der Waals surface area contributed by atoms with Crippen molar-refractivity contribution < 1.29 is 18.7 Å². The van der Waals surface area contributed by atoms with Gasteiger partial charge in [0.1, 0.15) is 5.76 Å². The molecule has 0 unspecified atom stereocenters. The lowest BCUT2D eigenvalue weighted by molar-refractivity contribution is -0.138. The molecule has 22 heavy (non-hydrogen) atoms. The molecule has 3 rings (SSSR count). The molecule has 1 aromatic rings. The van der Waals surface area contributed by atoms with Gasteiger partial charge in [0.15, 0.2) is 5.78 Å². The van der Waals surface area contributed by atoms with Crippen LogP contribution < -0.4 is 0 Å². The van der Waals surface area contributed by atoms with Crippen LogP contribution in [0.5, 0.6) is 0 Å². The fourth-order valence-electron chi connectivity index (χ4n) is 4.19. The first-order chi connectivity index (χ1) is 10.2. The number of allylic oxidation sites excluding steroid dienone is 4. The Morgan fingerprint density at radius 1 is 1.36 bits per heavy atom. The SMILES string of the molecule is CC(=O)OC1=C[C@@]2(C)C(c3ccoc3)=CC(=O)[C@H]2C(C)(C)C1. The topological polar surface area (TPSA) is 56.5 Å². The van der Waals surface area contributed by atoms with Crippen molar-refractivity contribution in [1.82, 2.24) is 0 Å². The maximum Gasteiger partial charge on any atom is 0.307 e. The first-order valence-corrected chi connectivity index (χ1v) is 7.43. The summed E-state index contributed by atoms with van der Waals surface area (Å²) in [5, 5.41) is 0. The molecule has 0 aromatic carbocycles. The summed E-state index contributed by atoms with van der Waals surface area (Å²) in [5.74, 6) is 0.272. The van der Waals surface area contributed by atoms with Crippen LogP contribution in [0.3, 0.4) is 0 Å². The quantitative estimate of drug-likeness (QED) is 0.781. The van der Waals surface area contributed by atoms with Crippen molar-refractivity contribution in [1.29, 1.82) is 0 Å². The van der Waals surface area contributed by atoms with Crippen molar-refractivity contribution in [3.63, 3.8) is 0 Å². The molecule has 0 amide bonds. The number of carbonyl (C=O) groups is 2. The van der Waals surface area contributed by atoms with Gasteiger partial charge in [-0.1, -0.05) is 20.8 Å². The second-order valence-electron chi connectivity index (χ2n) is 7.06. The van der Waals surface area contributed by atoms with Crippen LogP contribution in [0.4, 0.5) is 0 Å². The van der Waals surface area contributed by atoms with Crippen molar-refractivity contribution in [3.8, 4) is 0 Å². The molecule has 0 aliphatic heterocycles. The summed E-state index contributed by atoms with van der Waals surface area (Å²) in [4.78, 5) is 24.0. The first-order valence-electron chi connectivity index (χ1n) is 7.43. The van der Waals surface area contributed by atoms with Crippen molar-refractivity contribution in [2.45, 2.75) is 34.1 Å². The van der Waals surface area contributed by atoms with Crippen LogP contribution >= 0.6 is 0 Å². The summed E-state index contributed by atoms with van der Waals surface area (Å²) in [5.41, 5.74) is 1.05. The summed E-state index contributed by atoms with van der Waals surface area (Å²) in [6.07, 6.45) is 7.47. The molecule has 0 radical (unpaired) electrons. The number of furan rings is 1. The molecule has 0 N–H and O–H groups in total. The molecule has 2 aliphatic rings. The van der Waals surface area contributed by atoms with Crippen molar-refractivity contribution in [3.05, 3.63) is 42.1 Å². The molecule has 0 spiro atoms. The fraction of sp³-hybridized carbons (Fsp3) is 0.444. The van der Waals surface area contributed by atoms with E-state index in [2.05, 4.69) is 13.8 Å². The number of hydrogen-bond donors (Lipinski definition) is 0. The number of carbonyl (C=O) groups excluding carboxylic acids is 2. The monoisotopic (exact) mass is 300 g/mol. The molecule has 2 atom stereocenters. The van der Waals surface area contributed by atoms with Gasteiger partial charge in [-0.3, -0.25) is 9.59 Å². The zero-order chi connectivity index (χ0) is 16.1. The normalized spacial score (nSPS) is 29.6. The predicted octanol–water partition coefficient (Wildman–Crippen LogP) is 3.75. The highest BCUT2D eigenvalue weighted by molar-refractivity contribution is 6.07. The van der Waals surface area contributed by atoms with Crippen molar-refractivity contribution in [2.75, 3.05) is 0 Å². The van der Waals surface area contributed by atoms with E-state index >= 15 is 0 Å². The molecule has 0 fully saturated rings. The van der Waals surface area contributed by atoms with Gasteiger partial charge in [0.25, 0.3) is 0 Å². The molecular weight excluding hydrogens is 280 g/mol. The second kappa shape index (κ2) is 4.70. The van der Waals surface area contributed by atoms with Gasteiger partial charge in [-0.05, 0) is 29.2 Å². The lowest BCUT2D eigenvalue weighted by Gasteiger charge is -2.45. The number of fused-ring (bicyclic) bond motifs is 1. The Morgan fingerprint density at radius 3 is 2.68 bits per heavy atom. The van der Waals surface area contributed by atoms with Gasteiger partial charge >= 0.3 is 5.97 Å². The maximum absolute atomic E-state index is 12.6. The average molecular weight is 300 g/mol. The summed E-state index contributed by atoms with van der Waals surface area (Å²) < 4.78 is 10.5. The lowest BCUT2D eigenvalue weighted by Crippen LogP contribution is -2.42. The molecule has 0 bridgehead atoms. The number of hydrogen-bond acceptors (Lipinski definition) is 4. The van der Waals surface area contributed by atoms with Crippen molar-refractivity contribution >= 4 is 17.3 Å². The van der Waals surface area contributed by atoms with Gasteiger partial charge in [0.05, 0.1) is 12.5 Å². The minimum absolute atomic E-state index is 0.127. The molecule has 0 saturated heterocycles. The van der Waals surface area contributed by atoms with Gasteiger partial charge in [-0.15, -0.1) is 0 Å². The molecule has 1 aromatic heterocycles. The van der Waals surface area contributed by atoms with Gasteiger partial charge < -0.3 is 9.15 Å². The van der Waals surface area contributed by atoms with E-state index < -0.39 is 5.41 Å². The maximum atomic E-state index is 12.6. The molecule has 116 valence electrons. The molecule has 2 aliphatic carbocycles. The van der Waals surface area contributed by atoms with Crippen LogP contribution in [0.1, 0.15) is 39.7 Å². The molecule has 0 saturated carbocycles. The highest BCUT2D eigenvalue weighted by Gasteiger charge is 2.55. The molecular formula is C18H20O4. The Hall–Kier alpha value is -2.10. The van der Waals surface area contributed by atoms with Crippen molar-refractivity contribution in [2.24, 2.45) is 16.7 Å². The number of ketones is 1. The number of ether oxygens (including phenoxy) is 1. The lowest BCUT2D eigenvalue weighted by atomic mass is 9.58. The van der Waals surface area contributed by atoms with Gasteiger partial charge in [0.2, 0.25) is 0 Å². The Bertz CT molecular complexity index is 691. The first kappa shape index (κ1) is 14.8. The van der Waals surface area contributed by atoms with E-state index in [0.717, 1.165) is 11.1 Å². The van der Waals surface area contributed by atoms with Crippen LogP contribution in [0.25, 0.3) is 5.57 Å². The molecule has 4 nitrogen and oxygen atoms in total. The Balaban J connectivity index is 2.13. The zero-order valence-electron chi connectivity index (χ0n) is 13.3. The van der Waals surface area contributed by atoms with E-state index in [1.165, 1.54) is 6.92 Å². The third kappa shape index (κ3) is 2.14. The summed E-state index contributed by atoms with van der Waals surface area (Å²) >= 11 is 0. The standard InChI is InChI=1S/C18H20O4/c1-11(19)22-13-8-17(2,3)16-15(20)7-14(18(16,4)9-13)12-5-6-21-10-12/h5-7,9-10,16H,8H2,1-4H3/t16-,18-/m0/s1. The van der Waals surface area contributed by atoms with Crippen LogP contribution in [0, 0.1) is 16.7 Å². The summed E-state index contributed by atoms with van der Waals surface area (Å²) in [6, 6.07) is 1.85. The van der Waals surface area contributed by atoms with Gasteiger partial charge in [-0.25, -0.2) is 0 Å². The minimum Gasteiger partial charge on any atom is -0.472 e. The smallest absolute Gasteiger partial charge is 0.307 e. The van der Waals surface area contributed by atoms with E-state index in [0.29, 0.717) is 12.2 Å². The Kier molecular flexibility index (Phi) is 3.17. The third-order valence-electron chi connectivity index (χ3n) is 4.73. The van der Waals surface area contributed by atoms with Crippen LogP contribution in [0.2, 0.25) is 0 Å². The van der Waals surface area contributed by atoms with E-state index in [9.17, 15) is 9.59 Å². The number of rotatable bonds is 2. The third-order valence-corrected chi connectivity index (χ3v) is 4.73. The zero-order valence-corrected chi connectivity index (χ0v) is 13.3.